The molecule has 1 aliphatic heterocycles. The van der Waals surface area contributed by atoms with Crippen LogP contribution >= 0.6 is 34.4 Å². The number of aromatic hydroxyl groups is 1. The maximum Gasteiger partial charge on any atom is 0.266 e. The maximum absolute atomic E-state index is 13.1. The quantitative estimate of drug-likeness (QED) is 0.445. The number of amides is 1. The fourth-order valence-corrected chi connectivity index (χ4v) is 4.28. The Morgan fingerprint density at radius 3 is 2.64 bits per heavy atom. The second-order valence-corrected chi connectivity index (χ2v) is 7.98. The molecule has 1 fully saturated rings. The number of benzene rings is 2. The Hall–Kier alpha value is -2.07. The molecule has 0 radical (unpaired) electrons. The first-order valence-electron chi connectivity index (χ1n) is 8.64. The second kappa shape index (κ2) is 8.95. The van der Waals surface area contributed by atoms with Gasteiger partial charge >= 0.3 is 0 Å². The summed E-state index contributed by atoms with van der Waals surface area (Å²) in [6.07, 6.45) is 1.76. The molecule has 0 unspecified atom stereocenters. The summed E-state index contributed by atoms with van der Waals surface area (Å²) in [6.45, 7) is 4.61. The van der Waals surface area contributed by atoms with E-state index in [9.17, 15) is 14.3 Å². The number of rotatable bonds is 5. The highest BCUT2D eigenvalue weighted by atomic mass is 127. The van der Waals surface area contributed by atoms with E-state index >= 15 is 0 Å². The molecule has 8 heteroatoms. The third kappa shape index (κ3) is 4.49. The number of hydrogen-bond donors (Lipinski definition) is 1. The zero-order chi connectivity index (χ0) is 20.3. The number of halogens is 2. The molecule has 2 aromatic carbocycles. The molecule has 0 saturated carbocycles. The number of nitrogens with zero attached hydrogens (tertiary/aromatic N) is 2. The number of aliphatic imine (C=N–C) groups is 1. The average molecular weight is 512 g/mol. The lowest BCUT2D eigenvalue weighted by Crippen LogP contribution is -2.28. The highest BCUT2D eigenvalue weighted by Crippen LogP contribution is 2.37. The monoisotopic (exact) mass is 512 g/mol. The molecule has 1 saturated heterocycles. The van der Waals surface area contributed by atoms with Crippen molar-refractivity contribution in [1.29, 1.82) is 0 Å². The number of thioether (sulfide) groups is 1. The molecule has 0 spiro atoms. The van der Waals surface area contributed by atoms with Gasteiger partial charge in [0.05, 0.1) is 20.8 Å². The van der Waals surface area contributed by atoms with Crippen molar-refractivity contribution in [2.75, 3.05) is 13.2 Å². The van der Waals surface area contributed by atoms with Gasteiger partial charge in [-0.05, 0) is 96.2 Å². The Bertz CT molecular complexity index is 961. The fraction of sp³-hybridized carbons (Fsp3) is 0.200. The minimum Gasteiger partial charge on any atom is -0.504 e. The molecule has 3 rings (SSSR count). The van der Waals surface area contributed by atoms with Gasteiger partial charge in [-0.2, -0.15) is 0 Å². The van der Waals surface area contributed by atoms with Gasteiger partial charge in [-0.25, -0.2) is 9.38 Å². The molecule has 2 aromatic rings. The molecule has 1 heterocycles. The van der Waals surface area contributed by atoms with Crippen molar-refractivity contribution in [3.05, 3.63) is 56.3 Å². The normalized spacial score (nSPS) is 17.0. The van der Waals surface area contributed by atoms with Gasteiger partial charge in [0.2, 0.25) is 0 Å². The van der Waals surface area contributed by atoms with Crippen LogP contribution in [0.3, 0.4) is 0 Å². The number of ether oxygens (including phenoxy) is 1. The first-order chi connectivity index (χ1) is 13.4. The summed E-state index contributed by atoms with van der Waals surface area (Å²) < 4.78 is 19.2. The predicted molar refractivity (Wildman–Crippen MR) is 118 cm³/mol. The maximum atomic E-state index is 13.1. The number of phenolic OH excluding ortho intramolecular Hbond substituents is 1. The number of phenols is 1. The third-order valence-electron chi connectivity index (χ3n) is 3.90. The summed E-state index contributed by atoms with van der Waals surface area (Å²) in [4.78, 5) is 19.4. The van der Waals surface area contributed by atoms with Crippen molar-refractivity contribution in [2.24, 2.45) is 4.99 Å². The molecule has 146 valence electrons. The lowest BCUT2D eigenvalue weighted by atomic mass is 10.2. The van der Waals surface area contributed by atoms with Crippen molar-refractivity contribution in [3.63, 3.8) is 0 Å². The van der Waals surface area contributed by atoms with Gasteiger partial charge in [-0.15, -0.1) is 0 Å². The van der Waals surface area contributed by atoms with Gasteiger partial charge in [0.1, 0.15) is 5.82 Å². The van der Waals surface area contributed by atoms with Crippen LogP contribution in [0.4, 0.5) is 10.1 Å². The number of likely N-dealkylation sites (N-methyl/N-ethyl adjacent to an activating group) is 1. The number of amidine groups is 1. The Kier molecular flexibility index (Phi) is 6.61. The average Bonchev–Trinajstić information content (AvgIpc) is 2.95. The van der Waals surface area contributed by atoms with Crippen molar-refractivity contribution in [3.8, 4) is 11.5 Å². The zero-order valence-corrected chi connectivity index (χ0v) is 18.3. The minimum absolute atomic E-state index is 0.0868. The van der Waals surface area contributed by atoms with E-state index in [1.807, 2.05) is 36.4 Å². The van der Waals surface area contributed by atoms with Gasteiger partial charge in [-0.3, -0.25) is 9.69 Å². The van der Waals surface area contributed by atoms with E-state index in [0.717, 1.165) is 5.56 Å². The van der Waals surface area contributed by atoms with Crippen LogP contribution in [0.2, 0.25) is 0 Å². The highest BCUT2D eigenvalue weighted by Gasteiger charge is 2.32. The molecule has 28 heavy (non-hydrogen) atoms. The Balaban J connectivity index is 1.95. The molecule has 1 N–H and O–H groups in total. The first kappa shape index (κ1) is 20.7. The molecule has 0 bridgehead atoms. The number of carbonyl (C=O) groups excluding carboxylic acids is 1. The Labute approximate surface area is 180 Å². The summed E-state index contributed by atoms with van der Waals surface area (Å²) in [5.41, 5.74) is 1.33. The van der Waals surface area contributed by atoms with Crippen molar-refractivity contribution < 1.29 is 19.0 Å². The van der Waals surface area contributed by atoms with Crippen molar-refractivity contribution in [2.45, 2.75) is 13.8 Å². The van der Waals surface area contributed by atoms with E-state index < -0.39 is 0 Å². The second-order valence-electron chi connectivity index (χ2n) is 5.81. The van der Waals surface area contributed by atoms with Crippen molar-refractivity contribution >= 4 is 57.2 Å². The van der Waals surface area contributed by atoms with E-state index in [0.29, 0.717) is 38.2 Å². The topological polar surface area (TPSA) is 62.1 Å². The molecule has 1 amide bonds. The molecule has 5 nitrogen and oxygen atoms in total. The van der Waals surface area contributed by atoms with Crippen LogP contribution in [0.25, 0.3) is 6.08 Å². The van der Waals surface area contributed by atoms with Gasteiger partial charge < -0.3 is 9.84 Å². The standard InChI is InChI=1S/C20H18FIN2O3S/c1-3-24-19(26)17(28-20(24)23-14-7-5-13(21)6-8-14)11-12-9-15(22)18(25)16(10-12)27-4-2/h5-11,25H,3-4H2,1-2H3/b17-11+,23-20?. The van der Waals surface area contributed by atoms with Crippen LogP contribution in [0.15, 0.2) is 46.3 Å². The summed E-state index contributed by atoms with van der Waals surface area (Å²) in [6, 6.07) is 9.29. The molecule has 0 aliphatic carbocycles. The van der Waals surface area contributed by atoms with E-state index in [1.165, 1.54) is 23.9 Å². The van der Waals surface area contributed by atoms with E-state index in [4.69, 9.17) is 4.74 Å². The van der Waals surface area contributed by atoms with Gasteiger partial charge in [0.15, 0.2) is 16.7 Å². The van der Waals surface area contributed by atoms with Crippen LogP contribution in [-0.4, -0.2) is 34.2 Å². The van der Waals surface area contributed by atoms with Crippen LogP contribution in [-0.2, 0) is 4.79 Å². The summed E-state index contributed by atoms with van der Waals surface area (Å²) in [5, 5.41) is 10.6. The highest BCUT2D eigenvalue weighted by molar-refractivity contribution is 14.1. The molecule has 1 aliphatic rings. The molecule has 0 atom stereocenters. The van der Waals surface area contributed by atoms with E-state index in [2.05, 4.69) is 4.99 Å². The number of carbonyl (C=O) groups is 1. The minimum atomic E-state index is -0.334. The lowest BCUT2D eigenvalue weighted by Gasteiger charge is -2.12. The van der Waals surface area contributed by atoms with E-state index in [-0.39, 0.29) is 17.5 Å². The molecular weight excluding hydrogens is 494 g/mol. The third-order valence-corrected chi connectivity index (χ3v) is 5.73. The van der Waals surface area contributed by atoms with E-state index in [1.54, 1.807) is 35.2 Å². The molecule has 0 aromatic heterocycles. The van der Waals surface area contributed by atoms with Gasteiger partial charge in [-0.1, -0.05) is 0 Å². The van der Waals surface area contributed by atoms with Crippen LogP contribution in [0, 0.1) is 9.39 Å². The summed E-state index contributed by atoms with van der Waals surface area (Å²) in [5.74, 6) is -0.0125. The van der Waals surface area contributed by atoms with Crippen molar-refractivity contribution in [1.82, 2.24) is 4.90 Å². The van der Waals surface area contributed by atoms with Crippen LogP contribution in [0.1, 0.15) is 19.4 Å². The largest absolute Gasteiger partial charge is 0.504 e. The Morgan fingerprint density at radius 2 is 2.00 bits per heavy atom. The lowest BCUT2D eigenvalue weighted by molar-refractivity contribution is -0.122. The van der Waals surface area contributed by atoms with Gasteiger partial charge in [0, 0.05) is 6.54 Å². The SMILES string of the molecule is CCOc1cc(/C=C2/SC(=Nc3ccc(F)cc3)N(CC)C2=O)cc(I)c1O. The smallest absolute Gasteiger partial charge is 0.266 e. The summed E-state index contributed by atoms with van der Waals surface area (Å²) >= 11 is 3.29. The summed E-state index contributed by atoms with van der Waals surface area (Å²) in [7, 11) is 0. The van der Waals surface area contributed by atoms with Gasteiger partial charge in [0.25, 0.3) is 5.91 Å². The van der Waals surface area contributed by atoms with Crippen LogP contribution < -0.4 is 4.74 Å². The first-order valence-corrected chi connectivity index (χ1v) is 10.5. The zero-order valence-electron chi connectivity index (χ0n) is 15.3. The predicted octanol–water partition coefficient (Wildman–Crippen LogP) is 5.16. The Morgan fingerprint density at radius 1 is 1.29 bits per heavy atom. The number of hydrogen-bond acceptors (Lipinski definition) is 5. The molecular formula is C20H18FIN2O3S. The van der Waals surface area contributed by atoms with Crippen LogP contribution in [0.5, 0.6) is 11.5 Å². The fourth-order valence-electron chi connectivity index (χ4n) is 2.59.